The van der Waals surface area contributed by atoms with E-state index in [2.05, 4.69) is 10.6 Å². The van der Waals surface area contributed by atoms with E-state index in [0.717, 1.165) is 36.8 Å². The number of ether oxygens (including phenoxy) is 4. The molecule has 8 nitrogen and oxygen atoms in total. The second-order valence-corrected chi connectivity index (χ2v) is 8.43. The van der Waals surface area contributed by atoms with Gasteiger partial charge < -0.3 is 29.6 Å². The number of benzene rings is 2. The lowest BCUT2D eigenvalue weighted by molar-refractivity contribution is -0.118. The fraction of sp³-hybridized carbons (Fsp3) is 0.440. The molecule has 2 N–H and O–H groups in total. The highest BCUT2D eigenvalue weighted by atomic mass is 16.5. The summed E-state index contributed by atoms with van der Waals surface area (Å²) in [5, 5.41) is 6.08. The number of carbonyl (C=O) groups is 2. The third kappa shape index (κ3) is 5.16. The van der Waals surface area contributed by atoms with E-state index in [1.807, 2.05) is 12.1 Å². The second kappa shape index (κ2) is 9.60. The molecule has 2 aliphatic rings. The zero-order chi connectivity index (χ0) is 23.5. The summed E-state index contributed by atoms with van der Waals surface area (Å²) in [6.45, 7) is 0. The number of amides is 2. The van der Waals surface area contributed by atoms with Crippen LogP contribution in [0.4, 0.5) is 11.4 Å². The Morgan fingerprint density at radius 2 is 1.00 bits per heavy atom. The molecule has 0 spiro atoms. The molecule has 8 heteroatoms. The smallest absolute Gasteiger partial charge is 0.227 e. The van der Waals surface area contributed by atoms with Crippen LogP contribution >= 0.6 is 0 Å². The van der Waals surface area contributed by atoms with E-state index in [9.17, 15) is 9.59 Å². The minimum Gasteiger partial charge on any atom is -0.493 e. The van der Waals surface area contributed by atoms with Crippen molar-refractivity contribution in [3.63, 3.8) is 0 Å². The Morgan fingerprint density at radius 3 is 1.30 bits per heavy atom. The van der Waals surface area contributed by atoms with Crippen molar-refractivity contribution in [1.82, 2.24) is 0 Å². The van der Waals surface area contributed by atoms with Gasteiger partial charge in [-0.2, -0.15) is 0 Å². The predicted octanol–water partition coefficient (Wildman–Crippen LogP) is 4.01. The Labute approximate surface area is 193 Å². The van der Waals surface area contributed by atoms with Crippen LogP contribution in [0.2, 0.25) is 0 Å². The van der Waals surface area contributed by atoms with Crippen LogP contribution < -0.4 is 29.6 Å². The van der Waals surface area contributed by atoms with Crippen LogP contribution in [0.3, 0.4) is 0 Å². The Hall–Kier alpha value is -3.42. The van der Waals surface area contributed by atoms with Crippen LogP contribution in [0.25, 0.3) is 0 Å². The van der Waals surface area contributed by atoms with Crippen molar-refractivity contribution < 1.29 is 28.5 Å². The maximum atomic E-state index is 12.5. The zero-order valence-electron chi connectivity index (χ0n) is 19.4. The number of rotatable bonds is 10. The number of anilines is 2. The summed E-state index contributed by atoms with van der Waals surface area (Å²) in [6.07, 6.45) is 4.03. The summed E-state index contributed by atoms with van der Waals surface area (Å²) in [7, 11) is 6.26. The molecule has 4 rings (SSSR count). The van der Waals surface area contributed by atoms with Crippen LogP contribution in [-0.4, -0.2) is 40.3 Å². The molecule has 2 saturated carbocycles. The molecule has 2 aliphatic carbocycles. The van der Waals surface area contributed by atoms with Crippen molar-refractivity contribution in [3.05, 3.63) is 35.4 Å². The van der Waals surface area contributed by atoms with Gasteiger partial charge in [-0.05, 0) is 48.9 Å². The summed E-state index contributed by atoms with van der Waals surface area (Å²) in [5.41, 5.74) is 2.96. The van der Waals surface area contributed by atoms with Crippen molar-refractivity contribution in [2.45, 2.75) is 32.1 Å². The number of carbonyl (C=O) groups excluding carboxylic acids is 2. The molecule has 0 aromatic heterocycles. The van der Waals surface area contributed by atoms with Crippen LogP contribution in [0, 0.1) is 11.8 Å². The Morgan fingerprint density at radius 1 is 0.667 bits per heavy atom. The molecule has 2 aromatic carbocycles. The van der Waals surface area contributed by atoms with E-state index < -0.39 is 0 Å². The van der Waals surface area contributed by atoms with Gasteiger partial charge in [-0.15, -0.1) is 0 Å². The summed E-state index contributed by atoms with van der Waals surface area (Å²) in [5.74, 6) is 2.28. The van der Waals surface area contributed by atoms with Crippen LogP contribution in [0.1, 0.15) is 36.8 Å². The molecule has 0 unspecified atom stereocenters. The lowest BCUT2D eigenvalue weighted by Gasteiger charge is -2.19. The molecule has 0 radical (unpaired) electrons. The van der Waals surface area contributed by atoms with Gasteiger partial charge in [-0.3, -0.25) is 9.59 Å². The molecule has 0 atom stereocenters. The predicted molar refractivity (Wildman–Crippen MR) is 125 cm³/mol. The number of hydrogen-bond donors (Lipinski definition) is 2. The lowest BCUT2D eigenvalue weighted by Crippen LogP contribution is -2.16. The highest BCUT2D eigenvalue weighted by Gasteiger charge is 2.31. The van der Waals surface area contributed by atoms with E-state index in [1.165, 1.54) is 0 Å². The third-order valence-corrected chi connectivity index (χ3v) is 6.01. The molecule has 0 bridgehead atoms. The average Bonchev–Trinajstić information content (AvgIpc) is 3.72. The van der Waals surface area contributed by atoms with Crippen LogP contribution in [0.5, 0.6) is 23.0 Å². The topological polar surface area (TPSA) is 95.1 Å². The molecule has 2 aromatic rings. The quantitative estimate of drug-likeness (QED) is 0.563. The number of nitrogens with one attached hydrogen (secondary N) is 2. The number of methoxy groups -OCH3 is 4. The first-order chi connectivity index (χ1) is 16.0. The number of hydrogen-bond acceptors (Lipinski definition) is 6. The molecule has 2 fully saturated rings. The zero-order valence-corrected chi connectivity index (χ0v) is 19.4. The van der Waals surface area contributed by atoms with Crippen molar-refractivity contribution in [1.29, 1.82) is 0 Å². The van der Waals surface area contributed by atoms with E-state index in [1.54, 1.807) is 40.6 Å². The van der Waals surface area contributed by atoms with Gasteiger partial charge in [-0.25, -0.2) is 0 Å². The maximum absolute atomic E-state index is 12.5. The molecule has 0 heterocycles. The van der Waals surface area contributed by atoms with Gasteiger partial charge in [0, 0.05) is 41.8 Å². The Bertz CT molecular complexity index is 976. The highest BCUT2D eigenvalue weighted by Crippen LogP contribution is 2.40. The molecule has 0 aliphatic heterocycles. The van der Waals surface area contributed by atoms with Gasteiger partial charge in [0.05, 0.1) is 28.4 Å². The van der Waals surface area contributed by atoms with Crippen molar-refractivity contribution >= 4 is 23.2 Å². The fourth-order valence-corrected chi connectivity index (χ4v) is 3.73. The largest absolute Gasteiger partial charge is 0.493 e. The van der Waals surface area contributed by atoms with Gasteiger partial charge in [0.2, 0.25) is 11.8 Å². The van der Waals surface area contributed by atoms with E-state index in [-0.39, 0.29) is 23.7 Å². The first-order valence-electron chi connectivity index (χ1n) is 11.1. The SMILES string of the molecule is COc1cc(Cc2cc(OC)c(OC)cc2NC(=O)C2CC2)c(NC(=O)C2CC2)cc1OC. The summed E-state index contributed by atoms with van der Waals surface area (Å²) in [6, 6.07) is 7.25. The monoisotopic (exact) mass is 454 g/mol. The summed E-state index contributed by atoms with van der Waals surface area (Å²) >= 11 is 0. The Balaban J connectivity index is 1.74. The minimum atomic E-state index is -0.00181. The molecular formula is C25H30N2O6. The lowest BCUT2D eigenvalue weighted by atomic mass is 9.99. The summed E-state index contributed by atoms with van der Waals surface area (Å²) < 4.78 is 21.9. The fourth-order valence-electron chi connectivity index (χ4n) is 3.73. The van der Waals surface area contributed by atoms with Crippen LogP contribution in [-0.2, 0) is 16.0 Å². The molecule has 0 saturated heterocycles. The molecule has 176 valence electrons. The molecule has 33 heavy (non-hydrogen) atoms. The van der Waals surface area contributed by atoms with E-state index in [0.29, 0.717) is 40.8 Å². The average molecular weight is 455 g/mol. The van der Waals surface area contributed by atoms with Crippen molar-refractivity contribution in [2.75, 3.05) is 39.1 Å². The maximum Gasteiger partial charge on any atom is 0.227 e. The minimum absolute atomic E-state index is 0.00181. The van der Waals surface area contributed by atoms with Gasteiger partial charge in [0.1, 0.15) is 0 Å². The van der Waals surface area contributed by atoms with Crippen molar-refractivity contribution in [3.8, 4) is 23.0 Å². The third-order valence-electron chi connectivity index (χ3n) is 6.01. The second-order valence-electron chi connectivity index (χ2n) is 8.43. The van der Waals surface area contributed by atoms with Gasteiger partial charge >= 0.3 is 0 Å². The highest BCUT2D eigenvalue weighted by molar-refractivity contribution is 5.96. The van der Waals surface area contributed by atoms with Crippen molar-refractivity contribution in [2.24, 2.45) is 11.8 Å². The van der Waals surface area contributed by atoms with Gasteiger partial charge in [0.15, 0.2) is 23.0 Å². The van der Waals surface area contributed by atoms with E-state index >= 15 is 0 Å². The van der Waals surface area contributed by atoms with E-state index in [4.69, 9.17) is 18.9 Å². The molecular weight excluding hydrogens is 424 g/mol. The first-order valence-corrected chi connectivity index (χ1v) is 11.1. The summed E-state index contributed by atoms with van der Waals surface area (Å²) in [4.78, 5) is 25.1. The first kappa shape index (κ1) is 22.8. The normalized spacial score (nSPS) is 14.9. The standard InChI is InChI=1S/C25H30N2O6/c1-30-20-10-16(18(12-22(20)32-3)26-24(28)14-5-6-14)9-17-11-21(31-2)23(33-4)13-19(17)27-25(29)15-7-8-15/h10-15H,5-9H2,1-4H3,(H,26,28)(H,27,29). The van der Waals surface area contributed by atoms with Gasteiger partial charge in [0.25, 0.3) is 0 Å². The Kier molecular flexibility index (Phi) is 6.62. The van der Waals surface area contributed by atoms with Gasteiger partial charge in [-0.1, -0.05) is 0 Å². The molecule has 2 amide bonds. The van der Waals surface area contributed by atoms with Crippen LogP contribution in [0.15, 0.2) is 24.3 Å².